The first-order valence-electron chi connectivity index (χ1n) is 13.6. The molecule has 0 radical (unpaired) electrons. The van der Waals surface area contributed by atoms with Crippen molar-refractivity contribution in [3.05, 3.63) is 0 Å². The molecule has 3 aliphatic heterocycles. The van der Waals surface area contributed by atoms with Gasteiger partial charge in [0.05, 0.1) is 17.4 Å². The lowest BCUT2D eigenvalue weighted by molar-refractivity contribution is -0.148. The van der Waals surface area contributed by atoms with Gasteiger partial charge in [-0.05, 0) is 57.8 Å². The van der Waals surface area contributed by atoms with E-state index in [1.807, 2.05) is 13.8 Å². The summed E-state index contributed by atoms with van der Waals surface area (Å²) >= 11 is 0. The van der Waals surface area contributed by atoms with E-state index >= 15 is 0 Å². The zero-order valence-electron chi connectivity index (χ0n) is 20.9. The third kappa shape index (κ3) is 4.25. The lowest BCUT2D eigenvalue weighted by Crippen LogP contribution is -2.57. The largest absolute Gasteiger partial charge is 0.396 e. The Morgan fingerprint density at radius 2 is 1.85 bits per heavy atom. The molecule has 0 aromatic rings. The monoisotopic (exact) mass is 477 g/mol. The molecule has 3 heterocycles. The van der Waals surface area contributed by atoms with Gasteiger partial charge in [-0.25, -0.2) is 0 Å². The molecule has 4 fully saturated rings. The van der Waals surface area contributed by atoms with Crippen LogP contribution in [0, 0.1) is 11.8 Å². The molecule has 3 saturated heterocycles. The molecule has 3 N–H and O–H groups in total. The molecule has 0 aromatic carbocycles. The van der Waals surface area contributed by atoms with E-state index in [2.05, 4.69) is 10.6 Å². The molecule has 8 heteroatoms. The molecule has 1 spiro atoms. The average molecular weight is 478 g/mol. The second-order valence-electron chi connectivity index (χ2n) is 10.8. The lowest BCUT2D eigenvalue weighted by Gasteiger charge is -2.35. The number of carbonyl (C=O) groups is 3. The van der Waals surface area contributed by atoms with Crippen molar-refractivity contribution in [2.24, 2.45) is 11.8 Å². The van der Waals surface area contributed by atoms with Gasteiger partial charge < -0.3 is 25.4 Å². The number of ether oxygens (including phenoxy) is 1. The van der Waals surface area contributed by atoms with E-state index in [0.717, 1.165) is 38.5 Å². The predicted molar refractivity (Wildman–Crippen MR) is 128 cm³/mol. The molecule has 3 amide bonds. The van der Waals surface area contributed by atoms with Crippen LogP contribution in [0.1, 0.15) is 90.9 Å². The first-order valence-corrected chi connectivity index (χ1v) is 13.6. The Hall–Kier alpha value is -1.67. The summed E-state index contributed by atoms with van der Waals surface area (Å²) < 4.78 is 6.76. The highest BCUT2D eigenvalue weighted by molar-refractivity contribution is 5.99. The van der Waals surface area contributed by atoms with Crippen LogP contribution in [0.2, 0.25) is 0 Å². The van der Waals surface area contributed by atoms with Crippen LogP contribution < -0.4 is 10.6 Å². The maximum Gasteiger partial charge on any atom is 0.246 e. The van der Waals surface area contributed by atoms with Gasteiger partial charge in [0.2, 0.25) is 17.7 Å². The number of likely N-dealkylation sites (tertiary alicyclic amines) is 1. The zero-order valence-corrected chi connectivity index (χ0v) is 20.9. The van der Waals surface area contributed by atoms with Gasteiger partial charge in [-0.2, -0.15) is 0 Å². The predicted octanol–water partition coefficient (Wildman–Crippen LogP) is 2.28. The van der Waals surface area contributed by atoms with Crippen molar-refractivity contribution in [3.63, 3.8) is 0 Å². The van der Waals surface area contributed by atoms with Crippen LogP contribution in [0.25, 0.3) is 0 Å². The van der Waals surface area contributed by atoms with Crippen molar-refractivity contribution < 1.29 is 24.2 Å². The van der Waals surface area contributed by atoms with Gasteiger partial charge >= 0.3 is 0 Å². The number of carbonyl (C=O) groups excluding carboxylic acids is 3. The van der Waals surface area contributed by atoms with Crippen LogP contribution in [-0.2, 0) is 19.1 Å². The number of nitrogens with one attached hydrogen (secondary N) is 2. The summed E-state index contributed by atoms with van der Waals surface area (Å²) in [5.41, 5.74) is -1.61. The number of nitrogens with zero attached hydrogens (tertiary/aromatic N) is 1. The summed E-state index contributed by atoms with van der Waals surface area (Å²) in [4.78, 5) is 42.8. The number of rotatable bonds is 11. The minimum atomic E-state index is -0.933. The Morgan fingerprint density at radius 1 is 1.09 bits per heavy atom. The molecule has 34 heavy (non-hydrogen) atoms. The van der Waals surface area contributed by atoms with Crippen LogP contribution in [0.4, 0.5) is 0 Å². The van der Waals surface area contributed by atoms with Gasteiger partial charge in [0.25, 0.3) is 0 Å². The maximum absolute atomic E-state index is 13.9. The Kier molecular flexibility index (Phi) is 7.87. The molecule has 8 nitrogen and oxygen atoms in total. The first-order chi connectivity index (χ1) is 16.4. The van der Waals surface area contributed by atoms with Crippen LogP contribution in [0.5, 0.6) is 0 Å². The second kappa shape index (κ2) is 10.5. The average Bonchev–Trinajstić information content (AvgIpc) is 3.44. The van der Waals surface area contributed by atoms with Crippen molar-refractivity contribution in [3.8, 4) is 0 Å². The maximum atomic E-state index is 13.9. The number of aliphatic hydroxyl groups is 1. The Labute approximate surface area is 203 Å². The fraction of sp³-hybridized carbons (Fsp3) is 0.885. The van der Waals surface area contributed by atoms with Gasteiger partial charge in [-0.15, -0.1) is 0 Å². The first kappa shape index (κ1) is 25.4. The van der Waals surface area contributed by atoms with Crippen LogP contribution in [0.3, 0.4) is 0 Å². The summed E-state index contributed by atoms with van der Waals surface area (Å²) in [7, 11) is 0. The fourth-order valence-corrected chi connectivity index (χ4v) is 7.11. The van der Waals surface area contributed by atoms with E-state index in [4.69, 9.17) is 9.84 Å². The van der Waals surface area contributed by atoms with Gasteiger partial charge in [0, 0.05) is 25.7 Å². The zero-order chi connectivity index (χ0) is 24.3. The van der Waals surface area contributed by atoms with E-state index < -0.39 is 29.1 Å². The van der Waals surface area contributed by atoms with Crippen molar-refractivity contribution in [1.82, 2.24) is 15.5 Å². The van der Waals surface area contributed by atoms with Crippen molar-refractivity contribution in [1.29, 1.82) is 0 Å². The minimum absolute atomic E-state index is 0.112. The SMILES string of the molecule is CCCNC(=O)[C@@H]1[C@H]2C(=O)N(CCCCCO)C(C(=O)NC3CCCCC3)C23CC[C@@]1(CC)O3. The molecule has 2 unspecified atom stereocenters. The van der Waals surface area contributed by atoms with Gasteiger partial charge in [-0.1, -0.05) is 33.1 Å². The number of hydrogen-bond acceptors (Lipinski definition) is 5. The summed E-state index contributed by atoms with van der Waals surface area (Å²) in [6.45, 7) is 5.17. The molecular weight excluding hydrogens is 434 g/mol. The van der Waals surface area contributed by atoms with Gasteiger partial charge in [0.1, 0.15) is 11.6 Å². The Bertz CT molecular complexity index is 770. The molecule has 192 valence electrons. The molecule has 4 aliphatic rings. The quantitative estimate of drug-likeness (QED) is 0.396. The summed E-state index contributed by atoms with van der Waals surface area (Å²) in [6.07, 6.45) is 10.4. The lowest BCUT2D eigenvalue weighted by atomic mass is 9.65. The topological polar surface area (TPSA) is 108 Å². The van der Waals surface area contributed by atoms with E-state index in [-0.39, 0.29) is 30.4 Å². The summed E-state index contributed by atoms with van der Waals surface area (Å²) in [5.74, 6) is -1.51. The van der Waals surface area contributed by atoms with E-state index in [9.17, 15) is 14.4 Å². The van der Waals surface area contributed by atoms with E-state index in [1.54, 1.807) is 4.90 Å². The smallest absolute Gasteiger partial charge is 0.246 e. The van der Waals surface area contributed by atoms with Crippen LogP contribution >= 0.6 is 0 Å². The number of fused-ring (bicyclic) bond motifs is 1. The normalized spacial score (nSPS) is 35.0. The summed E-state index contributed by atoms with van der Waals surface area (Å²) in [6, 6.07) is -0.552. The Morgan fingerprint density at radius 3 is 2.53 bits per heavy atom. The Balaban J connectivity index is 1.64. The third-order valence-corrected chi connectivity index (χ3v) is 8.77. The minimum Gasteiger partial charge on any atom is -0.396 e. The van der Waals surface area contributed by atoms with Crippen LogP contribution in [-0.4, -0.2) is 70.7 Å². The highest BCUT2D eigenvalue weighted by atomic mass is 16.5. The number of aliphatic hydroxyl groups excluding tert-OH is 1. The standard InChI is InChI=1S/C26H43N3O5/c1-3-15-27-22(31)19-20-24(33)29(16-9-6-10-17-30)21(23(32)28-18-11-7-5-8-12-18)26(20)14-13-25(19,4-2)34-26/h18-21,30H,3-17H2,1-2H3,(H,27,31)(H,28,32)/t19-,20-,21?,25+,26?/m0/s1. The highest BCUT2D eigenvalue weighted by Gasteiger charge is 2.78. The molecule has 0 aromatic heterocycles. The molecule has 1 saturated carbocycles. The molecule has 4 rings (SSSR count). The van der Waals surface area contributed by atoms with Crippen LogP contribution in [0.15, 0.2) is 0 Å². The van der Waals surface area contributed by atoms with E-state index in [0.29, 0.717) is 45.2 Å². The molecule has 2 bridgehead atoms. The highest BCUT2D eigenvalue weighted by Crippen LogP contribution is 2.64. The molecular formula is C26H43N3O5. The van der Waals surface area contributed by atoms with Crippen molar-refractivity contribution >= 4 is 17.7 Å². The number of hydrogen-bond donors (Lipinski definition) is 3. The number of unbranched alkanes of at least 4 members (excludes halogenated alkanes) is 2. The third-order valence-electron chi connectivity index (χ3n) is 8.77. The van der Waals surface area contributed by atoms with Crippen molar-refractivity contribution in [2.75, 3.05) is 19.7 Å². The fourth-order valence-electron chi connectivity index (χ4n) is 7.11. The van der Waals surface area contributed by atoms with E-state index in [1.165, 1.54) is 6.42 Å². The molecule has 5 atom stereocenters. The number of amides is 3. The summed E-state index contributed by atoms with van der Waals surface area (Å²) in [5, 5.41) is 15.4. The second-order valence-corrected chi connectivity index (χ2v) is 10.8. The van der Waals surface area contributed by atoms with Crippen molar-refractivity contribution in [2.45, 2.75) is 114 Å². The molecule has 1 aliphatic carbocycles. The van der Waals surface area contributed by atoms with Gasteiger partial charge in [-0.3, -0.25) is 14.4 Å². The van der Waals surface area contributed by atoms with Gasteiger partial charge in [0.15, 0.2) is 0 Å².